The molecular weight excluding hydrogens is 370 g/mol. The third kappa shape index (κ3) is 3.38. The van der Waals surface area contributed by atoms with Crippen LogP contribution in [0.4, 0.5) is 5.82 Å². The third-order valence-corrected chi connectivity index (χ3v) is 4.71. The second kappa shape index (κ2) is 7.48. The van der Waals surface area contributed by atoms with Crippen LogP contribution in [0.5, 0.6) is 5.75 Å². The maximum absolute atomic E-state index is 13.2. The number of benzene rings is 2. The first-order chi connectivity index (χ1) is 14.0. The zero-order valence-electron chi connectivity index (χ0n) is 16.4. The summed E-state index contributed by atoms with van der Waals surface area (Å²) < 4.78 is 6.45. The third-order valence-electron chi connectivity index (χ3n) is 4.71. The first-order valence-electron chi connectivity index (χ1n) is 9.21. The van der Waals surface area contributed by atoms with Crippen LogP contribution in [-0.4, -0.2) is 51.7 Å². The highest BCUT2D eigenvalue weighted by molar-refractivity contribution is 6.00. The van der Waals surface area contributed by atoms with Gasteiger partial charge in [-0.15, -0.1) is 15.3 Å². The summed E-state index contributed by atoms with van der Waals surface area (Å²) in [5, 5.41) is 24.4. The molecule has 8 heteroatoms. The molecule has 0 saturated carbocycles. The van der Waals surface area contributed by atoms with E-state index in [9.17, 15) is 9.90 Å². The van der Waals surface area contributed by atoms with Crippen molar-refractivity contribution in [1.82, 2.24) is 19.8 Å². The number of nitrogens with zero attached hydrogens (tertiary/aromatic N) is 5. The van der Waals surface area contributed by atoms with E-state index in [1.165, 1.54) is 4.52 Å². The lowest BCUT2D eigenvalue weighted by Gasteiger charge is -2.21. The summed E-state index contributed by atoms with van der Waals surface area (Å²) in [5.74, 6) is 1.28. The summed E-state index contributed by atoms with van der Waals surface area (Å²) in [5.41, 5.74) is 0.860. The molecule has 2 aromatic heterocycles. The molecule has 0 aliphatic carbocycles. The van der Waals surface area contributed by atoms with Crippen LogP contribution >= 0.6 is 0 Å². The van der Waals surface area contributed by atoms with E-state index in [1.807, 2.05) is 36.2 Å². The van der Waals surface area contributed by atoms with Gasteiger partial charge in [-0.25, -0.2) is 0 Å². The minimum absolute atomic E-state index is 0.206. The van der Waals surface area contributed by atoms with Gasteiger partial charge < -0.3 is 14.7 Å². The molecule has 0 fully saturated rings. The molecule has 8 nitrogen and oxygen atoms in total. The number of likely N-dealkylation sites (N-methyl/N-ethyl adjacent to an activating group) is 1. The lowest BCUT2D eigenvalue weighted by atomic mass is 10.1. The summed E-state index contributed by atoms with van der Waals surface area (Å²) in [6.07, 6.45) is -0.543. The van der Waals surface area contributed by atoms with Crippen molar-refractivity contribution in [2.45, 2.75) is 13.0 Å². The number of hydrogen-bond acceptors (Lipinski definition) is 7. The van der Waals surface area contributed by atoms with Gasteiger partial charge in [-0.2, -0.15) is 4.52 Å². The Bertz CT molecular complexity index is 1230. The molecule has 0 amide bonds. The largest absolute Gasteiger partial charge is 0.497 e. The average Bonchev–Trinajstić information content (AvgIpc) is 2.73. The molecule has 1 atom stereocenters. The summed E-state index contributed by atoms with van der Waals surface area (Å²) in [7, 11) is 3.41. The summed E-state index contributed by atoms with van der Waals surface area (Å²) in [6.45, 7) is 2.08. The molecular formula is C21H21N5O3. The molecule has 0 radical (unpaired) electrons. The number of rotatable bonds is 5. The highest BCUT2D eigenvalue weighted by Gasteiger charge is 2.17. The number of aliphatic hydroxyl groups is 1. The Morgan fingerprint density at radius 2 is 1.79 bits per heavy atom. The highest BCUT2D eigenvalue weighted by atomic mass is 16.5. The van der Waals surface area contributed by atoms with Crippen LogP contribution in [0.1, 0.15) is 6.92 Å². The van der Waals surface area contributed by atoms with E-state index in [1.54, 1.807) is 38.3 Å². The topological polar surface area (TPSA) is 92.8 Å². The molecule has 1 N–H and O–H groups in total. The second-order valence-electron chi connectivity index (χ2n) is 6.92. The van der Waals surface area contributed by atoms with Gasteiger partial charge in [0.05, 0.1) is 13.2 Å². The van der Waals surface area contributed by atoms with Crippen molar-refractivity contribution in [3.05, 3.63) is 58.9 Å². The molecule has 148 valence electrons. The van der Waals surface area contributed by atoms with Gasteiger partial charge in [0.15, 0.2) is 17.2 Å². The van der Waals surface area contributed by atoms with Crippen molar-refractivity contribution >= 4 is 22.2 Å². The molecule has 4 rings (SSSR count). The lowest BCUT2D eigenvalue weighted by Crippen LogP contribution is -2.30. The van der Waals surface area contributed by atoms with Crippen molar-refractivity contribution in [2.24, 2.45) is 0 Å². The Morgan fingerprint density at radius 3 is 2.45 bits per heavy atom. The number of anilines is 1. The second-order valence-corrected chi connectivity index (χ2v) is 6.92. The zero-order chi connectivity index (χ0) is 20.5. The Morgan fingerprint density at radius 1 is 1.10 bits per heavy atom. The van der Waals surface area contributed by atoms with E-state index in [-0.39, 0.29) is 11.3 Å². The van der Waals surface area contributed by atoms with Crippen molar-refractivity contribution in [2.75, 3.05) is 25.6 Å². The molecule has 1 unspecified atom stereocenters. The summed E-state index contributed by atoms with van der Waals surface area (Å²) in [6, 6.07) is 14.6. The van der Waals surface area contributed by atoms with Gasteiger partial charge in [-0.1, -0.05) is 24.3 Å². The fourth-order valence-corrected chi connectivity index (χ4v) is 3.36. The van der Waals surface area contributed by atoms with E-state index >= 15 is 0 Å². The molecule has 0 saturated heterocycles. The first kappa shape index (κ1) is 18.8. The quantitative estimate of drug-likeness (QED) is 0.521. The maximum Gasteiger partial charge on any atom is 0.301 e. The highest BCUT2D eigenvalue weighted by Crippen LogP contribution is 2.26. The van der Waals surface area contributed by atoms with Crippen molar-refractivity contribution in [3.8, 4) is 17.0 Å². The summed E-state index contributed by atoms with van der Waals surface area (Å²) in [4.78, 5) is 15.0. The monoisotopic (exact) mass is 391 g/mol. The molecule has 0 spiro atoms. The Hall–Kier alpha value is -3.52. The van der Waals surface area contributed by atoms with Gasteiger partial charge in [0.2, 0.25) is 0 Å². The lowest BCUT2D eigenvalue weighted by molar-refractivity contribution is 0.201. The number of aliphatic hydroxyl groups excluding tert-OH is 1. The molecule has 0 aliphatic heterocycles. The molecule has 0 bridgehead atoms. The number of fused-ring (bicyclic) bond motifs is 3. The predicted octanol–water partition coefficient (Wildman–Crippen LogP) is 2.13. The maximum atomic E-state index is 13.2. The molecule has 0 aliphatic rings. The first-order valence-corrected chi connectivity index (χ1v) is 9.21. The summed E-state index contributed by atoms with van der Waals surface area (Å²) >= 11 is 0. The number of ether oxygens (including phenoxy) is 1. The fourth-order valence-electron chi connectivity index (χ4n) is 3.36. The van der Waals surface area contributed by atoms with E-state index in [4.69, 9.17) is 4.74 Å². The van der Waals surface area contributed by atoms with E-state index in [0.717, 1.165) is 10.8 Å². The van der Waals surface area contributed by atoms with Crippen molar-refractivity contribution in [1.29, 1.82) is 0 Å². The SMILES string of the molecule is COc1ccc(-c2nnc3c4ccccc4c(N(C)CC(C)O)nn3c2=O)cc1. The Labute approximate surface area is 167 Å². The predicted molar refractivity (Wildman–Crippen MR) is 111 cm³/mol. The van der Waals surface area contributed by atoms with Crippen LogP contribution in [-0.2, 0) is 0 Å². The van der Waals surface area contributed by atoms with E-state index in [0.29, 0.717) is 29.3 Å². The van der Waals surface area contributed by atoms with Crippen molar-refractivity contribution in [3.63, 3.8) is 0 Å². The van der Waals surface area contributed by atoms with Gasteiger partial charge in [0, 0.05) is 29.9 Å². The van der Waals surface area contributed by atoms with E-state index < -0.39 is 6.10 Å². The fraction of sp³-hybridized carbons (Fsp3) is 0.238. The van der Waals surface area contributed by atoms with Gasteiger partial charge in [0.25, 0.3) is 0 Å². The van der Waals surface area contributed by atoms with Crippen molar-refractivity contribution < 1.29 is 9.84 Å². The van der Waals surface area contributed by atoms with E-state index in [2.05, 4.69) is 15.3 Å². The van der Waals surface area contributed by atoms with Crippen LogP contribution in [0.3, 0.4) is 0 Å². The Balaban J connectivity index is 1.97. The van der Waals surface area contributed by atoms with Crippen LogP contribution in [0.15, 0.2) is 53.3 Å². The number of aromatic nitrogens is 4. The van der Waals surface area contributed by atoms with Gasteiger partial charge in [0.1, 0.15) is 5.75 Å². The van der Waals surface area contributed by atoms with Gasteiger partial charge in [-0.05, 0) is 31.2 Å². The smallest absolute Gasteiger partial charge is 0.301 e. The Kier molecular flexibility index (Phi) is 4.85. The standard InChI is InChI=1S/C21H21N5O3/c1-13(27)12-25(2)20-17-7-5-4-6-16(17)19-23-22-18(21(28)26(19)24-20)14-8-10-15(29-3)11-9-14/h4-11,13,27H,12H2,1-3H3. The average molecular weight is 391 g/mol. The molecule has 2 heterocycles. The molecule has 29 heavy (non-hydrogen) atoms. The minimum Gasteiger partial charge on any atom is -0.497 e. The number of methoxy groups -OCH3 is 1. The van der Waals surface area contributed by atoms with Crippen LogP contribution in [0.25, 0.3) is 27.7 Å². The van der Waals surface area contributed by atoms with Crippen LogP contribution < -0.4 is 15.2 Å². The van der Waals surface area contributed by atoms with Crippen LogP contribution in [0, 0.1) is 0 Å². The molecule has 4 aromatic rings. The normalized spacial score (nSPS) is 12.3. The molecule has 2 aromatic carbocycles. The van der Waals surface area contributed by atoms with Gasteiger partial charge >= 0.3 is 5.56 Å². The van der Waals surface area contributed by atoms with Gasteiger partial charge in [-0.3, -0.25) is 4.79 Å². The minimum atomic E-state index is -0.543. The van der Waals surface area contributed by atoms with Crippen LogP contribution in [0.2, 0.25) is 0 Å². The zero-order valence-corrected chi connectivity index (χ0v) is 16.4. The number of hydrogen-bond donors (Lipinski definition) is 1.